The number of hydrogen-bond acceptors (Lipinski definition) is 3. The average molecular weight is 141 g/mol. The lowest BCUT2D eigenvalue weighted by atomic mass is 10.1. The molecule has 2 rings (SSSR count). The summed E-state index contributed by atoms with van der Waals surface area (Å²) in [6.07, 6.45) is 2.64. The molecule has 0 aromatic rings. The maximum absolute atomic E-state index is 5.26. The summed E-state index contributed by atoms with van der Waals surface area (Å²) in [5.74, 6) is 0. The van der Waals surface area contributed by atoms with Crippen LogP contribution >= 0.6 is 0 Å². The van der Waals surface area contributed by atoms with Crippen LogP contribution in [-0.4, -0.2) is 25.7 Å². The molecule has 1 saturated heterocycles. The molecular formula is C7H11NO2. The number of epoxide rings is 1. The van der Waals surface area contributed by atoms with Gasteiger partial charge in [-0.25, -0.2) is 0 Å². The number of rotatable bonds is 1. The molecule has 56 valence electrons. The second-order valence-corrected chi connectivity index (χ2v) is 2.71. The van der Waals surface area contributed by atoms with E-state index < -0.39 is 0 Å². The van der Waals surface area contributed by atoms with Gasteiger partial charge in [0, 0.05) is 7.11 Å². The van der Waals surface area contributed by atoms with Gasteiger partial charge in [0.25, 0.3) is 0 Å². The van der Waals surface area contributed by atoms with Crippen LogP contribution in [0.3, 0.4) is 0 Å². The highest BCUT2D eigenvalue weighted by Gasteiger charge is 2.44. The zero-order chi connectivity index (χ0) is 7.14. The molecule has 0 saturated carbocycles. The van der Waals surface area contributed by atoms with Crippen LogP contribution in [0.25, 0.3) is 0 Å². The first-order valence-electron chi connectivity index (χ1n) is 3.44. The van der Waals surface area contributed by atoms with Gasteiger partial charge in [0.2, 0.25) is 0 Å². The van der Waals surface area contributed by atoms with Crippen molar-refractivity contribution >= 4 is 0 Å². The monoisotopic (exact) mass is 141 g/mol. The minimum absolute atomic E-state index is 0.0451. The van der Waals surface area contributed by atoms with E-state index in [1.807, 2.05) is 6.08 Å². The van der Waals surface area contributed by atoms with Gasteiger partial charge >= 0.3 is 0 Å². The lowest BCUT2D eigenvalue weighted by molar-refractivity contribution is 0.0983. The van der Waals surface area contributed by atoms with Crippen molar-refractivity contribution in [2.75, 3.05) is 7.11 Å². The number of nitrogens with one attached hydrogen (secondary N) is 1. The molecule has 3 nitrogen and oxygen atoms in total. The molecule has 2 aliphatic rings. The van der Waals surface area contributed by atoms with Gasteiger partial charge in [0.05, 0.1) is 0 Å². The predicted octanol–water partition coefficient (Wildman–Crippen LogP) is 0.233. The molecular weight excluding hydrogens is 130 g/mol. The third-order valence-electron chi connectivity index (χ3n) is 1.94. The van der Waals surface area contributed by atoms with Crippen LogP contribution in [0, 0.1) is 0 Å². The Bertz CT molecular complexity index is 178. The Balaban J connectivity index is 2.10. The molecule has 3 atom stereocenters. The van der Waals surface area contributed by atoms with E-state index in [4.69, 9.17) is 9.47 Å². The van der Waals surface area contributed by atoms with Crippen LogP contribution in [0.5, 0.6) is 0 Å². The van der Waals surface area contributed by atoms with Gasteiger partial charge in [-0.15, -0.1) is 0 Å². The van der Waals surface area contributed by atoms with Crippen LogP contribution in [0.15, 0.2) is 11.6 Å². The fraction of sp³-hybridized carbons (Fsp3) is 0.714. The van der Waals surface area contributed by atoms with Gasteiger partial charge in [-0.2, -0.15) is 0 Å². The lowest BCUT2D eigenvalue weighted by Crippen LogP contribution is -2.36. The smallest absolute Gasteiger partial charge is 0.141 e. The second kappa shape index (κ2) is 2.05. The zero-order valence-electron chi connectivity index (χ0n) is 6.13. The van der Waals surface area contributed by atoms with Crippen molar-refractivity contribution in [3.63, 3.8) is 0 Å². The Labute approximate surface area is 60.0 Å². The first kappa shape index (κ1) is 6.34. The first-order valence-corrected chi connectivity index (χ1v) is 3.44. The molecule has 0 aliphatic carbocycles. The van der Waals surface area contributed by atoms with Gasteiger partial charge in [0.1, 0.15) is 18.6 Å². The summed E-state index contributed by atoms with van der Waals surface area (Å²) >= 11 is 0. The molecule has 3 heteroatoms. The molecule has 10 heavy (non-hydrogen) atoms. The van der Waals surface area contributed by atoms with Gasteiger partial charge in [0.15, 0.2) is 0 Å². The van der Waals surface area contributed by atoms with E-state index >= 15 is 0 Å². The van der Waals surface area contributed by atoms with Gasteiger partial charge in [-0.05, 0) is 18.6 Å². The molecule has 0 aromatic carbocycles. The van der Waals surface area contributed by atoms with Crippen molar-refractivity contribution in [1.82, 2.24) is 5.32 Å². The molecule has 2 aliphatic heterocycles. The van der Waals surface area contributed by atoms with Crippen LogP contribution in [-0.2, 0) is 9.47 Å². The zero-order valence-corrected chi connectivity index (χ0v) is 6.13. The largest absolute Gasteiger partial charge is 0.363 e. The average Bonchev–Trinajstić information content (AvgIpc) is 2.66. The van der Waals surface area contributed by atoms with Crippen LogP contribution in [0.2, 0.25) is 0 Å². The van der Waals surface area contributed by atoms with Crippen molar-refractivity contribution in [1.29, 1.82) is 0 Å². The Morgan fingerprint density at radius 2 is 2.50 bits per heavy atom. The molecule has 0 spiro atoms. The molecule has 1 N–H and O–H groups in total. The second-order valence-electron chi connectivity index (χ2n) is 2.71. The van der Waals surface area contributed by atoms with Crippen LogP contribution in [0.1, 0.15) is 6.92 Å². The van der Waals surface area contributed by atoms with Crippen LogP contribution in [0.4, 0.5) is 0 Å². The summed E-state index contributed by atoms with van der Waals surface area (Å²) in [6.45, 7) is 2.07. The van der Waals surface area contributed by atoms with E-state index in [1.165, 1.54) is 5.57 Å². The summed E-state index contributed by atoms with van der Waals surface area (Å²) in [5.41, 5.74) is 1.27. The van der Waals surface area contributed by atoms with Crippen molar-refractivity contribution in [2.45, 2.75) is 25.5 Å². The summed E-state index contributed by atoms with van der Waals surface area (Å²) in [6, 6.07) is 0. The third kappa shape index (κ3) is 0.868. The highest BCUT2D eigenvalue weighted by atomic mass is 16.6. The van der Waals surface area contributed by atoms with Gasteiger partial charge < -0.3 is 9.47 Å². The van der Waals surface area contributed by atoms with E-state index in [0.29, 0.717) is 6.10 Å². The normalized spacial score (nSPS) is 44.2. The Morgan fingerprint density at radius 3 is 3.10 bits per heavy atom. The minimum atomic E-state index is 0.0451. The molecule has 3 unspecified atom stereocenters. The summed E-state index contributed by atoms with van der Waals surface area (Å²) in [7, 11) is 1.68. The SMILES string of the molecule is COC1C=C(C)C2OC2N1. The Kier molecular flexibility index (Phi) is 1.30. The van der Waals surface area contributed by atoms with E-state index in [1.54, 1.807) is 7.11 Å². The Morgan fingerprint density at radius 1 is 1.70 bits per heavy atom. The number of fused-ring (bicyclic) bond motifs is 1. The number of hydrogen-bond donors (Lipinski definition) is 1. The van der Waals surface area contributed by atoms with Crippen LogP contribution < -0.4 is 5.32 Å². The topological polar surface area (TPSA) is 33.8 Å². The molecule has 0 amide bonds. The summed E-state index contributed by atoms with van der Waals surface area (Å²) < 4.78 is 10.4. The van der Waals surface area contributed by atoms with Crippen molar-refractivity contribution in [2.24, 2.45) is 0 Å². The molecule has 1 fully saturated rings. The minimum Gasteiger partial charge on any atom is -0.363 e. The van der Waals surface area contributed by atoms with Crippen molar-refractivity contribution < 1.29 is 9.47 Å². The van der Waals surface area contributed by atoms with E-state index in [9.17, 15) is 0 Å². The van der Waals surface area contributed by atoms with Crippen molar-refractivity contribution in [3.05, 3.63) is 11.6 Å². The fourth-order valence-electron chi connectivity index (χ4n) is 1.27. The molecule has 0 bridgehead atoms. The third-order valence-corrected chi connectivity index (χ3v) is 1.94. The maximum Gasteiger partial charge on any atom is 0.141 e. The molecule has 0 radical (unpaired) electrons. The van der Waals surface area contributed by atoms with Gasteiger partial charge in [-0.3, -0.25) is 5.32 Å². The quantitative estimate of drug-likeness (QED) is 0.419. The Hall–Kier alpha value is -0.380. The maximum atomic E-state index is 5.26. The molecule has 0 aromatic heterocycles. The van der Waals surface area contributed by atoms with Gasteiger partial charge in [-0.1, -0.05) is 0 Å². The molecule has 2 heterocycles. The standard InChI is InChI=1S/C7H11NO2/c1-4-3-5(9-2)8-7-6(4)10-7/h3,5-8H,1-2H3. The van der Waals surface area contributed by atoms with E-state index in [-0.39, 0.29) is 12.5 Å². The highest BCUT2D eigenvalue weighted by molar-refractivity contribution is 5.19. The lowest BCUT2D eigenvalue weighted by Gasteiger charge is -2.15. The fourth-order valence-corrected chi connectivity index (χ4v) is 1.27. The first-order chi connectivity index (χ1) is 4.81. The predicted molar refractivity (Wildman–Crippen MR) is 36.4 cm³/mol. The van der Waals surface area contributed by atoms with E-state index in [2.05, 4.69) is 12.2 Å². The highest BCUT2D eigenvalue weighted by Crippen LogP contribution is 2.30. The summed E-state index contributed by atoms with van der Waals surface area (Å²) in [5, 5.41) is 3.15. The summed E-state index contributed by atoms with van der Waals surface area (Å²) in [4.78, 5) is 0. The number of methoxy groups -OCH3 is 1. The van der Waals surface area contributed by atoms with E-state index in [0.717, 1.165) is 0 Å². The van der Waals surface area contributed by atoms with Crippen molar-refractivity contribution in [3.8, 4) is 0 Å². The number of ether oxygens (including phenoxy) is 2.